The van der Waals surface area contributed by atoms with Crippen LogP contribution in [-0.4, -0.2) is 51.3 Å². The van der Waals surface area contributed by atoms with Gasteiger partial charge in [0, 0.05) is 6.20 Å². The molecule has 8 heteroatoms. The highest BCUT2D eigenvalue weighted by atomic mass is 16.6. The van der Waals surface area contributed by atoms with Crippen LogP contribution in [0.1, 0.15) is 6.23 Å². The summed E-state index contributed by atoms with van der Waals surface area (Å²) in [6.07, 6.45) is 2.65. The fourth-order valence-electron chi connectivity index (χ4n) is 2.07. The molecule has 0 aliphatic carbocycles. The van der Waals surface area contributed by atoms with E-state index in [2.05, 4.69) is 10.9 Å². The second-order valence-electron chi connectivity index (χ2n) is 4.26. The van der Waals surface area contributed by atoms with Crippen LogP contribution in [0.3, 0.4) is 0 Å². The van der Waals surface area contributed by atoms with Crippen molar-refractivity contribution in [2.24, 2.45) is 0 Å². The van der Waals surface area contributed by atoms with Crippen molar-refractivity contribution in [3.8, 4) is 12.3 Å². The predicted molar refractivity (Wildman–Crippen MR) is 68.5 cm³/mol. The zero-order valence-corrected chi connectivity index (χ0v) is 10.5. The number of aromatic nitrogens is 2. The van der Waals surface area contributed by atoms with Crippen molar-refractivity contribution in [3.05, 3.63) is 22.7 Å². The van der Waals surface area contributed by atoms with Crippen LogP contribution in [0, 0.1) is 12.3 Å². The molecule has 20 heavy (non-hydrogen) atoms. The molecule has 0 aromatic carbocycles. The van der Waals surface area contributed by atoms with E-state index in [9.17, 15) is 15.0 Å². The van der Waals surface area contributed by atoms with Crippen LogP contribution < -0.4 is 11.4 Å². The van der Waals surface area contributed by atoms with Crippen LogP contribution in [0.2, 0.25) is 0 Å². The smallest absolute Gasteiger partial charge is 0.351 e. The lowest BCUT2D eigenvalue weighted by Gasteiger charge is -2.19. The van der Waals surface area contributed by atoms with Crippen molar-refractivity contribution >= 4 is 5.82 Å². The third-order valence-corrected chi connectivity index (χ3v) is 2.97. The Hall–Kier alpha value is -1.92. The van der Waals surface area contributed by atoms with Gasteiger partial charge in [0.25, 0.3) is 0 Å². The van der Waals surface area contributed by atoms with Gasteiger partial charge in [0.1, 0.15) is 30.7 Å². The first-order valence-corrected chi connectivity index (χ1v) is 5.92. The number of nitrogens with two attached hydrogens (primary N) is 1. The highest BCUT2D eigenvalue weighted by Crippen LogP contribution is 2.30. The number of aliphatic hydroxyl groups is 2. The summed E-state index contributed by atoms with van der Waals surface area (Å²) in [6.45, 7) is -0.414. The first-order chi connectivity index (χ1) is 9.58. The molecule has 1 aromatic heterocycles. The number of nitrogens with zero attached hydrogens (tertiary/aromatic N) is 2. The third kappa shape index (κ3) is 2.66. The number of rotatable bonds is 4. The van der Waals surface area contributed by atoms with Crippen molar-refractivity contribution in [1.82, 2.24) is 9.55 Å². The van der Waals surface area contributed by atoms with E-state index < -0.39 is 30.2 Å². The fourth-order valence-corrected chi connectivity index (χ4v) is 2.07. The molecule has 1 aliphatic rings. The van der Waals surface area contributed by atoms with Gasteiger partial charge in [0.15, 0.2) is 6.23 Å². The van der Waals surface area contributed by atoms with Crippen molar-refractivity contribution in [1.29, 1.82) is 0 Å². The standard InChI is InChI=1S/C12H15N3O5/c1-2-5-19-10-7(6-16)20-11(9(10)17)15-4-3-8(13)14-12(15)18/h1,3-4,7,9-11,16-17H,5-6H2,(H2,13,14,18)/t7-,9?,10+,11-/m1/s1. The zero-order valence-electron chi connectivity index (χ0n) is 10.5. The van der Waals surface area contributed by atoms with Crippen molar-refractivity contribution in [2.75, 3.05) is 18.9 Å². The molecule has 1 aromatic rings. The van der Waals surface area contributed by atoms with Crippen LogP contribution in [-0.2, 0) is 9.47 Å². The Bertz CT molecular complexity index is 567. The van der Waals surface area contributed by atoms with Gasteiger partial charge in [-0.05, 0) is 6.07 Å². The molecule has 1 unspecified atom stereocenters. The maximum Gasteiger partial charge on any atom is 0.351 e. The number of aliphatic hydroxyl groups excluding tert-OH is 2. The highest BCUT2D eigenvalue weighted by molar-refractivity contribution is 5.23. The topological polar surface area (TPSA) is 120 Å². The van der Waals surface area contributed by atoms with E-state index >= 15 is 0 Å². The minimum Gasteiger partial charge on any atom is -0.394 e. The number of nitrogen functional groups attached to an aromatic ring is 1. The molecule has 8 nitrogen and oxygen atoms in total. The molecule has 1 saturated heterocycles. The highest BCUT2D eigenvalue weighted by Gasteiger charge is 2.45. The average molecular weight is 281 g/mol. The van der Waals surface area contributed by atoms with Gasteiger partial charge in [-0.2, -0.15) is 4.98 Å². The first-order valence-electron chi connectivity index (χ1n) is 5.92. The van der Waals surface area contributed by atoms with Gasteiger partial charge in [-0.3, -0.25) is 4.57 Å². The summed E-state index contributed by atoms with van der Waals surface area (Å²) in [5, 5.41) is 19.4. The van der Waals surface area contributed by atoms with Crippen LogP contribution in [0.15, 0.2) is 17.1 Å². The molecule has 1 fully saturated rings. The number of terminal acetylenes is 1. The molecule has 2 heterocycles. The lowest BCUT2D eigenvalue weighted by atomic mass is 10.1. The quantitative estimate of drug-likeness (QED) is 0.551. The van der Waals surface area contributed by atoms with E-state index in [-0.39, 0.29) is 19.0 Å². The molecule has 108 valence electrons. The summed E-state index contributed by atoms with van der Waals surface area (Å²) in [5.41, 5.74) is 4.73. The summed E-state index contributed by atoms with van der Waals surface area (Å²) < 4.78 is 11.8. The Morgan fingerprint density at radius 3 is 3.00 bits per heavy atom. The molecule has 0 saturated carbocycles. The van der Waals surface area contributed by atoms with Crippen molar-refractivity contribution in [3.63, 3.8) is 0 Å². The van der Waals surface area contributed by atoms with Gasteiger partial charge in [-0.1, -0.05) is 5.92 Å². The second-order valence-corrected chi connectivity index (χ2v) is 4.26. The molecule has 0 radical (unpaired) electrons. The minimum atomic E-state index is -1.16. The summed E-state index contributed by atoms with van der Waals surface area (Å²) in [7, 11) is 0. The molecular formula is C12H15N3O5. The molecule has 1 aliphatic heterocycles. The van der Waals surface area contributed by atoms with Crippen LogP contribution in [0.25, 0.3) is 0 Å². The largest absolute Gasteiger partial charge is 0.394 e. The Balaban J connectivity index is 2.25. The lowest BCUT2D eigenvalue weighted by Crippen LogP contribution is -2.38. The maximum atomic E-state index is 11.7. The monoisotopic (exact) mass is 281 g/mol. The molecule has 0 bridgehead atoms. The maximum absolute atomic E-state index is 11.7. The van der Waals surface area contributed by atoms with Gasteiger partial charge < -0.3 is 25.4 Å². The number of hydrogen-bond acceptors (Lipinski definition) is 7. The summed E-state index contributed by atoms with van der Waals surface area (Å²) in [6, 6.07) is 1.40. The number of hydrogen-bond donors (Lipinski definition) is 3. The Labute approximate surface area is 114 Å². The lowest BCUT2D eigenvalue weighted by molar-refractivity contribution is -0.0587. The van der Waals surface area contributed by atoms with Crippen molar-refractivity contribution in [2.45, 2.75) is 24.5 Å². The Morgan fingerprint density at radius 1 is 1.65 bits per heavy atom. The number of ether oxygens (including phenoxy) is 2. The SMILES string of the molecule is C#CCO[C@@H]1C(O)[C@H](n2ccc(N)nc2=O)O[C@@H]1CO. The summed E-state index contributed by atoms with van der Waals surface area (Å²) in [5.74, 6) is 2.33. The van der Waals surface area contributed by atoms with Crippen LogP contribution in [0.4, 0.5) is 5.82 Å². The minimum absolute atomic E-state index is 0.0385. The fraction of sp³-hybridized carbons (Fsp3) is 0.500. The molecular weight excluding hydrogens is 266 g/mol. The third-order valence-electron chi connectivity index (χ3n) is 2.97. The summed E-state index contributed by atoms with van der Waals surface area (Å²) in [4.78, 5) is 15.3. The zero-order chi connectivity index (χ0) is 14.7. The normalized spacial score (nSPS) is 29.2. The van der Waals surface area contributed by atoms with E-state index in [1.54, 1.807) is 0 Å². The van der Waals surface area contributed by atoms with E-state index in [1.165, 1.54) is 12.3 Å². The molecule has 2 rings (SSSR count). The molecule has 0 spiro atoms. The number of anilines is 1. The predicted octanol–water partition coefficient (Wildman–Crippen LogP) is -1.91. The Kier molecular flexibility index (Phi) is 4.36. The van der Waals surface area contributed by atoms with Crippen LogP contribution >= 0.6 is 0 Å². The van der Waals surface area contributed by atoms with Gasteiger partial charge in [-0.25, -0.2) is 4.79 Å². The summed E-state index contributed by atoms with van der Waals surface area (Å²) >= 11 is 0. The van der Waals surface area contributed by atoms with E-state index in [0.29, 0.717) is 0 Å². The van der Waals surface area contributed by atoms with E-state index in [4.69, 9.17) is 21.6 Å². The average Bonchev–Trinajstić information content (AvgIpc) is 2.73. The van der Waals surface area contributed by atoms with Crippen molar-refractivity contribution < 1.29 is 19.7 Å². The van der Waals surface area contributed by atoms with Gasteiger partial charge in [-0.15, -0.1) is 6.42 Å². The van der Waals surface area contributed by atoms with Crippen LogP contribution in [0.5, 0.6) is 0 Å². The Morgan fingerprint density at radius 2 is 2.40 bits per heavy atom. The molecule has 4 atom stereocenters. The molecule has 4 N–H and O–H groups in total. The van der Waals surface area contributed by atoms with E-state index in [0.717, 1.165) is 4.57 Å². The van der Waals surface area contributed by atoms with Gasteiger partial charge in [0.2, 0.25) is 0 Å². The second kappa shape index (κ2) is 6.02. The van der Waals surface area contributed by atoms with E-state index in [1.807, 2.05) is 0 Å². The molecule has 0 amide bonds. The van der Waals surface area contributed by atoms with Gasteiger partial charge in [0.05, 0.1) is 6.61 Å². The van der Waals surface area contributed by atoms with Gasteiger partial charge >= 0.3 is 5.69 Å². The first kappa shape index (κ1) is 14.5.